The van der Waals surface area contributed by atoms with Gasteiger partial charge in [-0.25, -0.2) is 8.42 Å². The number of amides is 1. The average Bonchev–Trinajstić information content (AvgIpc) is 2.83. The number of benzene rings is 1. The molecule has 0 aliphatic carbocycles. The highest BCUT2D eigenvalue weighted by atomic mass is 79.9. The number of carbonyl (C=O) groups excluding carboxylic acids is 1. The molecule has 1 aromatic heterocycles. The van der Waals surface area contributed by atoms with Crippen molar-refractivity contribution in [3.8, 4) is 0 Å². The fourth-order valence-electron chi connectivity index (χ4n) is 3.32. The average molecular weight is 471 g/mol. The van der Waals surface area contributed by atoms with E-state index in [0.29, 0.717) is 17.9 Å². The number of hydrogen-bond acceptors (Lipinski definition) is 4. The highest BCUT2D eigenvalue weighted by Crippen LogP contribution is 2.31. The maximum absolute atomic E-state index is 13.5. The van der Waals surface area contributed by atoms with E-state index in [-0.39, 0.29) is 12.5 Å². The zero-order valence-corrected chi connectivity index (χ0v) is 18.6. The van der Waals surface area contributed by atoms with Crippen LogP contribution in [-0.2, 0) is 21.4 Å². The van der Waals surface area contributed by atoms with Crippen molar-refractivity contribution in [1.82, 2.24) is 9.62 Å². The number of aryl methyl sites for hydroxylation is 2. The lowest BCUT2D eigenvalue weighted by molar-refractivity contribution is -0.124. The van der Waals surface area contributed by atoms with E-state index in [4.69, 9.17) is 0 Å². The van der Waals surface area contributed by atoms with Crippen molar-refractivity contribution >= 4 is 43.2 Å². The molecule has 2 heterocycles. The lowest BCUT2D eigenvalue weighted by atomic mass is 10.1. The van der Waals surface area contributed by atoms with E-state index in [1.165, 1.54) is 15.6 Å². The molecule has 0 saturated carbocycles. The number of halogens is 1. The lowest BCUT2D eigenvalue weighted by Gasteiger charge is -2.29. The van der Waals surface area contributed by atoms with Gasteiger partial charge in [-0.2, -0.15) is 4.31 Å². The molecule has 1 aromatic carbocycles. The monoisotopic (exact) mass is 470 g/mol. The predicted octanol–water partition coefficient (Wildman–Crippen LogP) is 3.99. The molecule has 3 rings (SSSR count). The highest BCUT2D eigenvalue weighted by molar-refractivity contribution is 9.10. The number of rotatable bonds is 5. The number of nitrogens with zero attached hydrogens (tertiary/aromatic N) is 1. The Morgan fingerprint density at radius 2 is 1.93 bits per heavy atom. The fourth-order valence-corrected chi connectivity index (χ4v) is 6.72. The first-order valence-electron chi connectivity index (χ1n) is 8.90. The number of sulfonamides is 1. The second-order valence-electron chi connectivity index (χ2n) is 6.76. The van der Waals surface area contributed by atoms with Gasteiger partial charge in [0.05, 0.1) is 4.90 Å². The molecule has 1 aliphatic heterocycles. The molecule has 1 fully saturated rings. The zero-order valence-electron chi connectivity index (χ0n) is 15.4. The first-order chi connectivity index (χ1) is 12.8. The van der Waals surface area contributed by atoms with Crippen LogP contribution in [0.5, 0.6) is 0 Å². The predicted molar refractivity (Wildman–Crippen MR) is 111 cm³/mol. The molecule has 1 atom stereocenters. The van der Waals surface area contributed by atoms with Crippen molar-refractivity contribution in [2.24, 2.45) is 0 Å². The van der Waals surface area contributed by atoms with Gasteiger partial charge in [-0.1, -0.05) is 28.1 Å². The quantitative estimate of drug-likeness (QED) is 0.718. The summed E-state index contributed by atoms with van der Waals surface area (Å²) in [7, 11) is -3.80. The van der Waals surface area contributed by atoms with Gasteiger partial charge in [0.15, 0.2) is 0 Å². The Labute approximate surface area is 173 Å². The van der Waals surface area contributed by atoms with Crippen molar-refractivity contribution in [2.75, 3.05) is 6.54 Å². The topological polar surface area (TPSA) is 66.5 Å². The molecule has 0 spiro atoms. The van der Waals surface area contributed by atoms with E-state index in [2.05, 4.69) is 21.2 Å². The Bertz CT molecular complexity index is 923. The molecule has 1 amide bonds. The lowest BCUT2D eigenvalue weighted by Crippen LogP contribution is -2.48. The van der Waals surface area contributed by atoms with Crippen molar-refractivity contribution in [1.29, 1.82) is 0 Å². The third kappa shape index (κ3) is 4.62. The van der Waals surface area contributed by atoms with Gasteiger partial charge in [0.25, 0.3) is 0 Å². The Kier molecular flexibility index (Phi) is 6.40. The van der Waals surface area contributed by atoms with E-state index >= 15 is 0 Å². The molecule has 1 saturated heterocycles. The standard InChI is InChI=1S/C19H23BrN2O3S2/c1-13-11-18(14(2)26-13)27(24,25)22(12-15-6-8-16(20)9-7-15)17-5-3-4-10-21-19(17)23/h6-9,11,17H,3-5,10,12H2,1-2H3,(H,21,23)/t17-/m1/s1. The Morgan fingerprint density at radius 3 is 2.56 bits per heavy atom. The minimum absolute atomic E-state index is 0.169. The summed E-state index contributed by atoms with van der Waals surface area (Å²) >= 11 is 4.86. The van der Waals surface area contributed by atoms with Crippen LogP contribution in [0.4, 0.5) is 0 Å². The molecule has 0 unspecified atom stereocenters. The maximum atomic E-state index is 13.5. The molecule has 146 valence electrons. The van der Waals surface area contributed by atoms with Crippen LogP contribution in [0.15, 0.2) is 39.7 Å². The third-order valence-electron chi connectivity index (χ3n) is 4.69. The summed E-state index contributed by atoms with van der Waals surface area (Å²) < 4.78 is 29.4. The molecule has 2 aromatic rings. The van der Waals surface area contributed by atoms with Gasteiger partial charge >= 0.3 is 0 Å². The summed E-state index contributed by atoms with van der Waals surface area (Å²) in [5.41, 5.74) is 0.850. The summed E-state index contributed by atoms with van der Waals surface area (Å²) in [5.74, 6) is -0.210. The molecule has 5 nitrogen and oxygen atoms in total. The minimum atomic E-state index is -3.80. The van der Waals surface area contributed by atoms with Crippen LogP contribution in [0.1, 0.15) is 34.6 Å². The summed E-state index contributed by atoms with van der Waals surface area (Å²) in [5, 5.41) is 2.86. The molecule has 0 radical (unpaired) electrons. The van der Waals surface area contributed by atoms with Crippen LogP contribution in [0, 0.1) is 13.8 Å². The largest absolute Gasteiger partial charge is 0.355 e. The van der Waals surface area contributed by atoms with Crippen molar-refractivity contribution in [3.05, 3.63) is 50.1 Å². The third-order valence-corrected chi connectivity index (χ3v) is 8.29. The van der Waals surface area contributed by atoms with Gasteiger partial charge in [-0.05, 0) is 56.9 Å². The van der Waals surface area contributed by atoms with Crippen LogP contribution < -0.4 is 5.32 Å². The Hall–Kier alpha value is -1.22. The fraction of sp³-hybridized carbons (Fsp3) is 0.421. The van der Waals surface area contributed by atoms with E-state index < -0.39 is 16.1 Å². The van der Waals surface area contributed by atoms with Crippen molar-refractivity contribution < 1.29 is 13.2 Å². The van der Waals surface area contributed by atoms with Crippen LogP contribution in [-0.4, -0.2) is 31.2 Å². The second kappa shape index (κ2) is 8.43. The molecule has 0 bridgehead atoms. The van der Waals surface area contributed by atoms with Gasteiger partial charge in [0.2, 0.25) is 15.9 Å². The Morgan fingerprint density at radius 1 is 1.22 bits per heavy atom. The van der Waals surface area contributed by atoms with E-state index in [0.717, 1.165) is 32.6 Å². The summed E-state index contributed by atoms with van der Waals surface area (Å²) in [6.45, 7) is 4.48. The van der Waals surface area contributed by atoms with Crippen molar-refractivity contribution in [2.45, 2.75) is 50.6 Å². The molecular formula is C19H23BrN2O3S2. The van der Waals surface area contributed by atoms with Crippen molar-refractivity contribution in [3.63, 3.8) is 0 Å². The zero-order chi connectivity index (χ0) is 19.6. The van der Waals surface area contributed by atoms with Gasteiger partial charge in [0.1, 0.15) is 6.04 Å². The van der Waals surface area contributed by atoms with E-state index in [1.807, 2.05) is 38.1 Å². The van der Waals surface area contributed by atoms with Crippen LogP contribution >= 0.6 is 27.3 Å². The van der Waals surface area contributed by atoms with Gasteiger partial charge in [0, 0.05) is 27.3 Å². The number of hydrogen-bond donors (Lipinski definition) is 1. The molecular weight excluding hydrogens is 448 g/mol. The van der Waals surface area contributed by atoms with E-state index in [1.54, 1.807) is 6.07 Å². The second-order valence-corrected chi connectivity index (χ2v) is 11.0. The van der Waals surface area contributed by atoms with E-state index in [9.17, 15) is 13.2 Å². The Balaban J connectivity index is 2.04. The normalized spacial score (nSPS) is 18.4. The maximum Gasteiger partial charge on any atom is 0.245 e. The SMILES string of the molecule is Cc1cc(S(=O)(=O)N(Cc2ccc(Br)cc2)[C@@H]2CCCCNC2=O)c(C)s1. The number of nitrogens with one attached hydrogen (secondary N) is 1. The number of carbonyl (C=O) groups is 1. The smallest absolute Gasteiger partial charge is 0.245 e. The first kappa shape index (κ1) is 20.5. The van der Waals surface area contributed by atoms with Crippen LogP contribution in [0.3, 0.4) is 0 Å². The minimum Gasteiger partial charge on any atom is -0.355 e. The van der Waals surface area contributed by atoms with Crippen LogP contribution in [0.25, 0.3) is 0 Å². The molecule has 1 aliphatic rings. The highest BCUT2D eigenvalue weighted by Gasteiger charge is 2.37. The van der Waals surface area contributed by atoms with Crippen LogP contribution in [0.2, 0.25) is 0 Å². The summed E-state index contributed by atoms with van der Waals surface area (Å²) in [4.78, 5) is 14.6. The molecule has 1 N–H and O–H groups in total. The van der Waals surface area contributed by atoms with Gasteiger partial charge in [-0.3, -0.25) is 4.79 Å². The molecule has 27 heavy (non-hydrogen) atoms. The first-order valence-corrected chi connectivity index (χ1v) is 11.9. The number of thiophene rings is 1. The summed E-state index contributed by atoms with van der Waals surface area (Å²) in [6.07, 6.45) is 2.21. The summed E-state index contributed by atoms with van der Waals surface area (Å²) in [6, 6.07) is 8.54. The van der Waals surface area contributed by atoms with Gasteiger partial charge < -0.3 is 5.32 Å². The molecule has 8 heteroatoms. The van der Waals surface area contributed by atoms with Gasteiger partial charge in [-0.15, -0.1) is 11.3 Å².